The van der Waals surface area contributed by atoms with Gasteiger partial charge >= 0.3 is 0 Å². The lowest BCUT2D eigenvalue weighted by Gasteiger charge is -2.25. The van der Waals surface area contributed by atoms with E-state index >= 15 is 0 Å². The normalized spacial score (nSPS) is 17.8. The fourth-order valence-electron chi connectivity index (χ4n) is 3.73. The van der Waals surface area contributed by atoms with Gasteiger partial charge in [0.2, 0.25) is 0 Å². The number of thiophene rings is 1. The van der Waals surface area contributed by atoms with Gasteiger partial charge < -0.3 is 24.2 Å². The van der Waals surface area contributed by atoms with Gasteiger partial charge in [-0.15, -0.1) is 11.3 Å². The molecule has 2 heterocycles. The summed E-state index contributed by atoms with van der Waals surface area (Å²) in [4.78, 5) is 28.4. The summed E-state index contributed by atoms with van der Waals surface area (Å²) in [7, 11) is 2.77. The number of carbonyl (C=O) groups excluding carboxylic acids is 2. The maximum atomic E-state index is 13.2. The number of amides is 1. The summed E-state index contributed by atoms with van der Waals surface area (Å²) in [5.74, 6) is -1.71. The summed E-state index contributed by atoms with van der Waals surface area (Å²) in [6.07, 6.45) is -0.0309. The van der Waals surface area contributed by atoms with Crippen molar-refractivity contribution in [3.63, 3.8) is 0 Å². The second kappa shape index (κ2) is 10.3. The first-order chi connectivity index (χ1) is 15.6. The third-order valence-corrected chi connectivity index (χ3v) is 6.96. The van der Waals surface area contributed by atoms with Crippen LogP contribution in [0.1, 0.15) is 35.9 Å². The molecule has 0 aliphatic carbocycles. The van der Waals surface area contributed by atoms with Crippen molar-refractivity contribution in [1.82, 2.24) is 4.90 Å². The molecule has 33 heavy (non-hydrogen) atoms. The third-order valence-electron chi connectivity index (χ3n) is 5.27. The van der Waals surface area contributed by atoms with Crippen molar-refractivity contribution < 1.29 is 28.9 Å². The van der Waals surface area contributed by atoms with Gasteiger partial charge in [0, 0.05) is 11.4 Å². The molecule has 1 N–H and O–H groups in total. The number of hydrogen-bond donors (Lipinski definition) is 1. The van der Waals surface area contributed by atoms with Gasteiger partial charge in [-0.2, -0.15) is 0 Å². The van der Waals surface area contributed by atoms with E-state index in [0.29, 0.717) is 0 Å². The number of rotatable bonds is 8. The monoisotopic (exact) mass is 513 g/mol. The topological polar surface area (TPSA) is 85.3 Å². The van der Waals surface area contributed by atoms with Gasteiger partial charge in [-0.25, -0.2) is 0 Å². The molecular formula is C23H25Cl2NO6S. The van der Waals surface area contributed by atoms with E-state index in [-0.39, 0.29) is 51.9 Å². The van der Waals surface area contributed by atoms with Crippen LogP contribution in [0.15, 0.2) is 23.1 Å². The molecule has 0 radical (unpaired) electrons. The van der Waals surface area contributed by atoms with Crippen LogP contribution in [-0.2, 0) is 14.3 Å². The average molecular weight is 514 g/mol. The molecule has 0 saturated carbocycles. The fraction of sp³-hybridized carbons (Fsp3) is 0.391. The smallest absolute Gasteiger partial charge is 0.295 e. The molecule has 1 fully saturated rings. The molecule has 1 unspecified atom stereocenters. The van der Waals surface area contributed by atoms with Crippen molar-refractivity contribution in [1.29, 1.82) is 0 Å². The number of methoxy groups -OCH3 is 2. The summed E-state index contributed by atoms with van der Waals surface area (Å²) >= 11 is 14.1. The van der Waals surface area contributed by atoms with Crippen molar-refractivity contribution in [3.05, 3.63) is 49.1 Å². The Balaban J connectivity index is 2.21. The Morgan fingerprint density at radius 2 is 1.88 bits per heavy atom. The van der Waals surface area contributed by atoms with E-state index in [1.54, 1.807) is 0 Å². The molecule has 1 aliphatic rings. The van der Waals surface area contributed by atoms with Crippen LogP contribution in [0.2, 0.25) is 10.0 Å². The molecule has 10 heteroatoms. The minimum absolute atomic E-state index is 0.0309. The lowest BCUT2D eigenvalue weighted by Crippen LogP contribution is -2.33. The van der Waals surface area contributed by atoms with Gasteiger partial charge in [0.05, 0.1) is 49.1 Å². The molecule has 0 bridgehead atoms. The Hall–Kier alpha value is -2.26. The molecular weight excluding hydrogens is 489 g/mol. The van der Waals surface area contributed by atoms with Gasteiger partial charge in [-0.05, 0) is 43.8 Å². The van der Waals surface area contributed by atoms with Crippen molar-refractivity contribution in [2.45, 2.75) is 32.9 Å². The van der Waals surface area contributed by atoms with Crippen molar-refractivity contribution in [2.24, 2.45) is 0 Å². The molecule has 0 spiro atoms. The van der Waals surface area contributed by atoms with Crippen LogP contribution in [0.4, 0.5) is 0 Å². The van der Waals surface area contributed by atoms with Crippen LogP contribution in [0.5, 0.6) is 11.5 Å². The molecule has 1 saturated heterocycles. The van der Waals surface area contributed by atoms with Crippen LogP contribution in [0.25, 0.3) is 5.76 Å². The summed E-state index contributed by atoms with van der Waals surface area (Å²) in [5.41, 5.74) is 0.917. The van der Waals surface area contributed by atoms with Gasteiger partial charge in [-0.1, -0.05) is 23.2 Å². The number of aryl methyl sites for hydroxylation is 1. The number of halogens is 2. The Morgan fingerprint density at radius 3 is 2.42 bits per heavy atom. The lowest BCUT2D eigenvalue weighted by atomic mass is 9.97. The van der Waals surface area contributed by atoms with E-state index in [1.807, 2.05) is 32.2 Å². The van der Waals surface area contributed by atoms with Gasteiger partial charge in [0.25, 0.3) is 11.7 Å². The summed E-state index contributed by atoms with van der Waals surface area (Å²) < 4.78 is 16.2. The quantitative estimate of drug-likeness (QED) is 0.295. The minimum atomic E-state index is -0.806. The van der Waals surface area contributed by atoms with Crippen LogP contribution in [0, 0.1) is 6.92 Å². The average Bonchev–Trinajstić information content (AvgIpc) is 3.28. The first-order valence-corrected chi connectivity index (χ1v) is 11.8. The molecule has 3 rings (SSSR count). The number of ketones is 1. The largest absolute Gasteiger partial charge is 0.507 e. The van der Waals surface area contributed by atoms with E-state index in [2.05, 4.69) is 0 Å². The molecule has 1 aromatic carbocycles. The van der Waals surface area contributed by atoms with Crippen molar-refractivity contribution in [2.75, 3.05) is 27.4 Å². The third kappa shape index (κ3) is 4.71. The van der Waals surface area contributed by atoms with Crippen LogP contribution in [-0.4, -0.2) is 55.2 Å². The van der Waals surface area contributed by atoms with Crippen LogP contribution in [0.3, 0.4) is 0 Å². The number of Topliss-reactive ketones (excluding diaryl/α,β-unsaturated/α-hetero) is 1. The second-order valence-corrected chi connectivity index (χ2v) is 9.40. The minimum Gasteiger partial charge on any atom is -0.507 e. The summed E-state index contributed by atoms with van der Waals surface area (Å²) in [5, 5.41) is 13.4. The molecule has 1 atom stereocenters. The number of nitrogens with zero attached hydrogens (tertiary/aromatic N) is 1. The van der Waals surface area contributed by atoms with Crippen molar-refractivity contribution in [3.8, 4) is 11.5 Å². The maximum absolute atomic E-state index is 13.2. The van der Waals surface area contributed by atoms with E-state index < -0.39 is 23.5 Å². The highest BCUT2D eigenvalue weighted by Gasteiger charge is 2.47. The first kappa shape index (κ1) is 25.4. The SMILES string of the molecule is COc1c(Cl)cc(/C(O)=C2\C(=O)C(=O)N(CCOC(C)C)C2c2sccc2C)c(OC)c1Cl. The van der Waals surface area contributed by atoms with E-state index in [1.165, 1.54) is 36.5 Å². The van der Waals surface area contributed by atoms with Crippen molar-refractivity contribution >= 4 is 52.0 Å². The Morgan fingerprint density at radius 1 is 1.21 bits per heavy atom. The summed E-state index contributed by atoms with van der Waals surface area (Å²) in [6.45, 7) is 6.09. The predicted octanol–water partition coefficient (Wildman–Crippen LogP) is 5.23. The molecule has 7 nitrogen and oxygen atoms in total. The number of ether oxygens (including phenoxy) is 3. The maximum Gasteiger partial charge on any atom is 0.295 e. The zero-order valence-electron chi connectivity index (χ0n) is 18.9. The number of likely N-dealkylation sites (tertiary alicyclic amines) is 1. The number of carbonyl (C=O) groups is 2. The summed E-state index contributed by atoms with van der Waals surface area (Å²) in [6, 6.07) is 2.51. The standard InChI is InChI=1S/C23H25Cl2NO6S/c1-11(2)32-8-7-26-17(22-12(3)6-9-33-22)15(19(28)23(26)29)18(27)13-10-14(24)21(31-5)16(25)20(13)30-4/h6,9-11,17,27H,7-8H2,1-5H3/b18-15+. The lowest BCUT2D eigenvalue weighted by molar-refractivity contribution is -0.140. The Labute approximate surface area is 206 Å². The number of aliphatic hydroxyl groups is 1. The van der Waals surface area contributed by atoms with E-state index in [9.17, 15) is 14.7 Å². The second-order valence-electron chi connectivity index (χ2n) is 7.67. The molecule has 178 valence electrons. The zero-order chi connectivity index (χ0) is 24.4. The highest BCUT2D eigenvalue weighted by Crippen LogP contribution is 2.48. The van der Waals surface area contributed by atoms with Gasteiger partial charge in [-0.3, -0.25) is 9.59 Å². The number of benzene rings is 1. The number of hydrogen-bond acceptors (Lipinski definition) is 7. The van der Waals surface area contributed by atoms with E-state index in [0.717, 1.165) is 10.4 Å². The highest BCUT2D eigenvalue weighted by molar-refractivity contribution is 7.10. The molecule has 2 aromatic rings. The Bertz CT molecular complexity index is 1110. The van der Waals surface area contributed by atoms with Gasteiger partial charge in [0.15, 0.2) is 11.5 Å². The molecule has 1 amide bonds. The molecule has 1 aromatic heterocycles. The molecule has 1 aliphatic heterocycles. The zero-order valence-corrected chi connectivity index (χ0v) is 21.2. The first-order valence-electron chi connectivity index (χ1n) is 10.2. The highest BCUT2D eigenvalue weighted by atomic mass is 35.5. The van der Waals surface area contributed by atoms with Gasteiger partial charge in [0.1, 0.15) is 10.8 Å². The van der Waals surface area contributed by atoms with E-state index in [4.69, 9.17) is 37.4 Å². The predicted molar refractivity (Wildman–Crippen MR) is 129 cm³/mol. The number of aliphatic hydroxyl groups excluding tert-OH is 1. The van der Waals surface area contributed by atoms with Crippen LogP contribution < -0.4 is 9.47 Å². The fourth-order valence-corrected chi connectivity index (χ4v) is 5.46. The van der Waals surface area contributed by atoms with Crippen LogP contribution >= 0.6 is 34.5 Å². The Kier molecular flexibility index (Phi) is 7.95.